The van der Waals surface area contributed by atoms with Crippen LogP contribution in [0, 0.1) is 0 Å². The average Bonchev–Trinajstić information content (AvgIpc) is 2.53. The van der Waals surface area contributed by atoms with Crippen molar-refractivity contribution in [3.05, 3.63) is 42.0 Å². The number of carbonyl (C=O) groups excluding carboxylic acids is 1. The molecular weight excluding hydrogens is 262 g/mol. The molecule has 1 aliphatic rings. The Bertz CT molecular complexity index is 450. The normalized spacial score (nSPS) is 16.0. The van der Waals surface area contributed by atoms with Crippen LogP contribution in [0.25, 0.3) is 6.08 Å². The van der Waals surface area contributed by atoms with Crippen LogP contribution in [-0.2, 0) is 4.74 Å². The lowest BCUT2D eigenvalue weighted by Crippen LogP contribution is -2.41. The van der Waals surface area contributed by atoms with E-state index in [1.807, 2.05) is 30.0 Å². The zero-order valence-electron chi connectivity index (χ0n) is 12.8. The van der Waals surface area contributed by atoms with E-state index in [-0.39, 0.29) is 6.09 Å². The van der Waals surface area contributed by atoms with Gasteiger partial charge in [-0.3, -0.25) is 0 Å². The van der Waals surface area contributed by atoms with Crippen molar-refractivity contribution >= 4 is 12.2 Å². The summed E-state index contributed by atoms with van der Waals surface area (Å²) in [6, 6.07) is 10.5. The van der Waals surface area contributed by atoms with E-state index in [1.165, 1.54) is 19.3 Å². The van der Waals surface area contributed by atoms with Crippen LogP contribution in [-0.4, -0.2) is 30.2 Å². The molecular formula is C18H25NO2. The number of rotatable bonds is 5. The minimum absolute atomic E-state index is 0.179. The molecule has 21 heavy (non-hydrogen) atoms. The van der Waals surface area contributed by atoms with Crippen molar-refractivity contribution in [3.63, 3.8) is 0 Å². The van der Waals surface area contributed by atoms with E-state index in [0.717, 1.165) is 18.4 Å². The van der Waals surface area contributed by atoms with E-state index in [1.54, 1.807) is 0 Å². The molecule has 0 spiro atoms. The summed E-state index contributed by atoms with van der Waals surface area (Å²) in [6.45, 7) is 2.92. The molecule has 0 unspecified atom stereocenters. The zero-order valence-corrected chi connectivity index (χ0v) is 12.8. The van der Waals surface area contributed by atoms with Crippen molar-refractivity contribution < 1.29 is 9.53 Å². The summed E-state index contributed by atoms with van der Waals surface area (Å²) in [5.41, 5.74) is 1.16. The van der Waals surface area contributed by atoms with E-state index >= 15 is 0 Å². The molecule has 0 saturated heterocycles. The van der Waals surface area contributed by atoms with Gasteiger partial charge in [-0.05, 0) is 25.3 Å². The van der Waals surface area contributed by atoms with Gasteiger partial charge in [-0.1, -0.05) is 61.7 Å². The molecule has 0 radical (unpaired) electrons. The first kappa shape index (κ1) is 15.6. The van der Waals surface area contributed by atoms with Crippen LogP contribution in [0.3, 0.4) is 0 Å². The molecule has 1 fully saturated rings. The van der Waals surface area contributed by atoms with Crippen molar-refractivity contribution in [2.45, 2.75) is 45.1 Å². The fraction of sp³-hybridized carbons (Fsp3) is 0.500. The number of ether oxygens (including phenoxy) is 1. The highest BCUT2D eigenvalue weighted by atomic mass is 16.6. The van der Waals surface area contributed by atoms with Crippen molar-refractivity contribution in [1.29, 1.82) is 0 Å². The van der Waals surface area contributed by atoms with Crippen LogP contribution in [0.5, 0.6) is 0 Å². The number of hydrogen-bond acceptors (Lipinski definition) is 2. The van der Waals surface area contributed by atoms with Gasteiger partial charge in [-0.25, -0.2) is 4.79 Å². The van der Waals surface area contributed by atoms with Crippen LogP contribution in [0.15, 0.2) is 36.4 Å². The smallest absolute Gasteiger partial charge is 0.410 e. The molecule has 0 N–H and O–H groups in total. The Balaban J connectivity index is 1.97. The lowest BCUT2D eigenvalue weighted by molar-refractivity contribution is 0.0865. The third-order valence-electron chi connectivity index (χ3n) is 3.93. The van der Waals surface area contributed by atoms with Crippen LogP contribution in [0.4, 0.5) is 4.79 Å². The molecule has 1 aromatic rings. The van der Waals surface area contributed by atoms with Crippen molar-refractivity contribution in [2.24, 2.45) is 0 Å². The van der Waals surface area contributed by atoms with Gasteiger partial charge in [0.1, 0.15) is 0 Å². The summed E-state index contributed by atoms with van der Waals surface area (Å²) in [6.07, 6.45) is 9.84. The Labute approximate surface area is 127 Å². The summed E-state index contributed by atoms with van der Waals surface area (Å²) in [7, 11) is 0. The lowest BCUT2D eigenvalue weighted by Gasteiger charge is -2.32. The van der Waals surface area contributed by atoms with Crippen LogP contribution < -0.4 is 0 Å². The SMILES string of the molecule is CCOC(=O)N(CC=Cc1ccccc1)C1CCCCC1. The van der Waals surface area contributed by atoms with Gasteiger partial charge in [0.2, 0.25) is 0 Å². The van der Waals surface area contributed by atoms with Crippen LogP contribution in [0.1, 0.15) is 44.6 Å². The van der Waals surface area contributed by atoms with Gasteiger partial charge in [0.05, 0.1) is 6.61 Å². The molecule has 0 heterocycles. The highest BCUT2D eigenvalue weighted by Gasteiger charge is 2.25. The largest absolute Gasteiger partial charge is 0.450 e. The van der Waals surface area contributed by atoms with Crippen molar-refractivity contribution in [3.8, 4) is 0 Å². The van der Waals surface area contributed by atoms with E-state index in [9.17, 15) is 4.79 Å². The number of amides is 1. The van der Waals surface area contributed by atoms with E-state index < -0.39 is 0 Å². The highest BCUT2D eigenvalue weighted by molar-refractivity contribution is 5.68. The van der Waals surface area contributed by atoms with E-state index in [2.05, 4.69) is 24.3 Å². The topological polar surface area (TPSA) is 29.5 Å². The van der Waals surface area contributed by atoms with Gasteiger partial charge in [0.25, 0.3) is 0 Å². The van der Waals surface area contributed by atoms with Gasteiger partial charge in [0.15, 0.2) is 0 Å². The molecule has 0 atom stereocenters. The molecule has 114 valence electrons. The molecule has 3 nitrogen and oxygen atoms in total. The van der Waals surface area contributed by atoms with E-state index in [4.69, 9.17) is 4.74 Å². The first-order valence-corrected chi connectivity index (χ1v) is 7.96. The summed E-state index contributed by atoms with van der Waals surface area (Å²) in [4.78, 5) is 14.0. The zero-order chi connectivity index (χ0) is 14.9. The van der Waals surface area contributed by atoms with Crippen molar-refractivity contribution in [1.82, 2.24) is 4.90 Å². The molecule has 1 aliphatic carbocycles. The third-order valence-corrected chi connectivity index (χ3v) is 3.93. The summed E-state index contributed by atoms with van der Waals surface area (Å²) in [5.74, 6) is 0. The summed E-state index contributed by atoms with van der Waals surface area (Å²) >= 11 is 0. The standard InChI is InChI=1S/C18H25NO2/c1-2-21-18(20)19(17-13-7-4-8-14-17)15-9-12-16-10-5-3-6-11-16/h3,5-6,9-12,17H,2,4,7-8,13-15H2,1H3. The Hall–Kier alpha value is -1.77. The van der Waals surface area contributed by atoms with Gasteiger partial charge in [-0.15, -0.1) is 0 Å². The number of benzene rings is 1. The summed E-state index contributed by atoms with van der Waals surface area (Å²) < 4.78 is 5.21. The molecule has 1 amide bonds. The first-order valence-electron chi connectivity index (χ1n) is 7.96. The highest BCUT2D eigenvalue weighted by Crippen LogP contribution is 2.23. The minimum atomic E-state index is -0.179. The average molecular weight is 287 g/mol. The second kappa shape index (κ2) is 8.50. The van der Waals surface area contributed by atoms with Crippen LogP contribution in [0.2, 0.25) is 0 Å². The van der Waals surface area contributed by atoms with Gasteiger partial charge in [-0.2, -0.15) is 0 Å². The van der Waals surface area contributed by atoms with Crippen molar-refractivity contribution in [2.75, 3.05) is 13.2 Å². The second-order valence-corrected chi connectivity index (χ2v) is 5.46. The maximum atomic E-state index is 12.2. The first-order chi connectivity index (χ1) is 10.3. The van der Waals surface area contributed by atoms with Gasteiger partial charge < -0.3 is 9.64 Å². The van der Waals surface area contributed by atoms with Crippen LogP contribution >= 0.6 is 0 Å². The Morgan fingerprint density at radius 1 is 1.24 bits per heavy atom. The quantitative estimate of drug-likeness (QED) is 0.798. The lowest BCUT2D eigenvalue weighted by atomic mass is 9.94. The second-order valence-electron chi connectivity index (χ2n) is 5.46. The molecule has 0 bridgehead atoms. The molecule has 1 aromatic carbocycles. The fourth-order valence-electron chi connectivity index (χ4n) is 2.84. The fourth-order valence-corrected chi connectivity index (χ4v) is 2.84. The Kier molecular flexibility index (Phi) is 6.32. The minimum Gasteiger partial charge on any atom is -0.450 e. The number of carbonyl (C=O) groups is 1. The molecule has 2 rings (SSSR count). The predicted molar refractivity (Wildman–Crippen MR) is 86.1 cm³/mol. The monoisotopic (exact) mass is 287 g/mol. The van der Waals surface area contributed by atoms with E-state index in [0.29, 0.717) is 19.2 Å². The van der Waals surface area contributed by atoms with Gasteiger partial charge >= 0.3 is 6.09 Å². The maximum Gasteiger partial charge on any atom is 0.410 e. The number of nitrogens with zero attached hydrogens (tertiary/aromatic N) is 1. The number of hydrogen-bond donors (Lipinski definition) is 0. The third kappa shape index (κ3) is 4.92. The maximum absolute atomic E-state index is 12.2. The molecule has 3 heteroatoms. The predicted octanol–water partition coefficient (Wildman–Crippen LogP) is 4.49. The molecule has 1 saturated carbocycles. The van der Waals surface area contributed by atoms with Gasteiger partial charge in [0, 0.05) is 12.6 Å². The Morgan fingerprint density at radius 3 is 2.62 bits per heavy atom. The molecule has 0 aromatic heterocycles. The summed E-state index contributed by atoms with van der Waals surface area (Å²) in [5, 5.41) is 0. The Morgan fingerprint density at radius 2 is 1.95 bits per heavy atom. The molecule has 0 aliphatic heterocycles.